The molecule has 0 aliphatic rings. The van der Waals surface area contributed by atoms with Crippen molar-refractivity contribution in [3.8, 4) is 0 Å². The largest absolute Gasteiger partial charge is 0.478 e. The minimum atomic E-state index is -1.05. The van der Waals surface area contributed by atoms with Crippen LogP contribution in [0.1, 0.15) is 22.3 Å². The average Bonchev–Trinajstić information content (AvgIpc) is 2.38. The Bertz CT molecular complexity index is 489. The van der Waals surface area contributed by atoms with E-state index in [0.717, 1.165) is 13.0 Å². The highest BCUT2D eigenvalue weighted by Crippen LogP contribution is 2.19. The van der Waals surface area contributed by atoms with Gasteiger partial charge in [0, 0.05) is 13.6 Å². The van der Waals surface area contributed by atoms with E-state index in [0.29, 0.717) is 17.8 Å². The van der Waals surface area contributed by atoms with E-state index in [1.165, 1.54) is 4.90 Å². The zero-order chi connectivity index (χ0) is 15.1. The summed E-state index contributed by atoms with van der Waals surface area (Å²) in [4.78, 5) is 24.8. The summed E-state index contributed by atoms with van der Waals surface area (Å²) in [5.41, 5.74) is 1.07. The Balaban J connectivity index is 2.75. The summed E-state index contributed by atoms with van der Waals surface area (Å²) in [5.74, 6) is -1.05. The molecular formula is C14H21N3O3. The minimum absolute atomic E-state index is 0.129. The molecule has 0 unspecified atom stereocenters. The topological polar surface area (TPSA) is 81.7 Å². The second kappa shape index (κ2) is 7.49. The van der Waals surface area contributed by atoms with Crippen LogP contribution in [-0.2, 0) is 0 Å². The summed E-state index contributed by atoms with van der Waals surface area (Å²) >= 11 is 0. The second-order valence-corrected chi connectivity index (χ2v) is 4.61. The van der Waals surface area contributed by atoms with Gasteiger partial charge in [0.05, 0.1) is 11.3 Å². The van der Waals surface area contributed by atoms with Gasteiger partial charge in [-0.25, -0.2) is 9.59 Å². The van der Waals surface area contributed by atoms with Gasteiger partial charge in [-0.05, 0) is 38.6 Å². The van der Waals surface area contributed by atoms with Crippen LogP contribution in [0.3, 0.4) is 0 Å². The minimum Gasteiger partial charge on any atom is -0.478 e. The van der Waals surface area contributed by atoms with E-state index in [2.05, 4.69) is 10.6 Å². The molecule has 0 saturated carbocycles. The Labute approximate surface area is 118 Å². The van der Waals surface area contributed by atoms with Crippen LogP contribution in [-0.4, -0.2) is 49.2 Å². The van der Waals surface area contributed by atoms with E-state index in [1.807, 2.05) is 7.05 Å². The summed E-state index contributed by atoms with van der Waals surface area (Å²) in [7, 11) is 3.53. The lowest BCUT2D eigenvalue weighted by Gasteiger charge is -2.19. The summed E-state index contributed by atoms with van der Waals surface area (Å²) in [6.45, 7) is 3.12. The van der Waals surface area contributed by atoms with Crippen LogP contribution in [0.5, 0.6) is 0 Å². The van der Waals surface area contributed by atoms with Crippen LogP contribution in [0, 0.1) is 6.92 Å². The Hall–Kier alpha value is -2.08. The summed E-state index contributed by atoms with van der Waals surface area (Å²) in [6, 6.07) is 4.71. The van der Waals surface area contributed by atoms with Crippen molar-refractivity contribution in [2.75, 3.05) is 32.5 Å². The van der Waals surface area contributed by atoms with Gasteiger partial charge in [-0.1, -0.05) is 12.1 Å². The molecule has 1 aromatic carbocycles. The highest BCUT2D eigenvalue weighted by Gasteiger charge is 2.16. The van der Waals surface area contributed by atoms with E-state index in [1.54, 1.807) is 32.2 Å². The van der Waals surface area contributed by atoms with Gasteiger partial charge in [0.2, 0.25) is 0 Å². The maximum Gasteiger partial charge on any atom is 0.338 e. The van der Waals surface area contributed by atoms with E-state index < -0.39 is 5.97 Å². The monoisotopic (exact) mass is 279 g/mol. The molecule has 0 bridgehead atoms. The normalized spacial score (nSPS) is 10.2. The number of nitrogens with zero attached hydrogens (tertiary/aromatic N) is 1. The van der Waals surface area contributed by atoms with Gasteiger partial charge in [0.25, 0.3) is 0 Å². The molecule has 3 N–H and O–H groups in total. The molecule has 0 aliphatic carbocycles. The number of urea groups is 1. The summed E-state index contributed by atoms with van der Waals surface area (Å²) in [5, 5.41) is 14.9. The van der Waals surface area contributed by atoms with Crippen LogP contribution in [0.2, 0.25) is 0 Å². The first-order chi connectivity index (χ1) is 9.47. The molecule has 0 heterocycles. The molecule has 0 fully saturated rings. The molecule has 0 saturated heterocycles. The molecule has 2 amide bonds. The zero-order valence-corrected chi connectivity index (χ0v) is 12.1. The lowest BCUT2D eigenvalue weighted by molar-refractivity contribution is 0.0697. The molecule has 0 atom stereocenters. The van der Waals surface area contributed by atoms with Gasteiger partial charge in [-0.3, -0.25) is 0 Å². The van der Waals surface area contributed by atoms with Crippen molar-refractivity contribution in [3.63, 3.8) is 0 Å². The number of carboxylic acids is 1. The highest BCUT2D eigenvalue weighted by molar-refractivity contribution is 6.01. The van der Waals surface area contributed by atoms with Gasteiger partial charge in [-0.2, -0.15) is 0 Å². The fourth-order valence-electron chi connectivity index (χ4n) is 1.86. The molecule has 0 radical (unpaired) electrons. The number of carboxylic acid groups (broad SMARTS) is 1. The van der Waals surface area contributed by atoms with Gasteiger partial charge < -0.3 is 20.6 Å². The third-order valence-electron chi connectivity index (χ3n) is 3.00. The van der Waals surface area contributed by atoms with Gasteiger partial charge in [-0.15, -0.1) is 0 Å². The number of hydrogen-bond donors (Lipinski definition) is 3. The van der Waals surface area contributed by atoms with Crippen molar-refractivity contribution in [2.45, 2.75) is 13.3 Å². The smallest absolute Gasteiger partial charge is 0.338 e. The Morgan fingerprint density at radius 1 is 1.35 bits per heavy atom. The number of benzene rings is 1. The van der Waals surface area contributed by atoms with Gasteiger partial charge in [0.1, 0.15) is 0 Å². The van der Waals surface area contributed by atoms with Crippen molar-refractivity contribution in [1.82, 2.24) is 10.2 Å². The molecule has 0 aromatic heterocycles. The first-order valence-electron chi connectivity index (χ1n) is 6.47. The molecule has 1 aromatic rings. The van der Waals surface area contributed by atoms with Crippen molar-refractivity contribution in [3.05, 3.63) is 29.3 Å². The quantitative estimate of drug-likeness (QED) is 0.693. The maximum absolute atomic E-state index is 12.0. The Morgan fingerprint density at radius 3 is 2.65 bits per heavy atom. The maximum atomic E-state index is 12.0. The highest BCUT2D eigenvalue weighted by atomic mass is 16.4. The number of rotatable bonds is 6. The molecule has 6 heteroatoms. The average molecular weight is 279 g/mol. The number of anilines is 1. The molecule has 6 nitrogen and oxygen atoms in total. The molecule has 1 rings (SSSR count). The third-order valence-corrected chi connectivity index (χ3v) is 3.00. The predicted octanol–water partition coefficient (Wildman–Crippen LogP) is 1.77. The standard InChI is InChI=1S/C14H21N3O3/c1-10-6-4-7-11(12(10)13(18)19)16-14(20)17(3)9-5-8-15-2/h4,6-7,15H,5,8-9H2,1-3H3,(H,16,20)(H,18,19). The van der Waals surface area contributed by atoms with E-state index in [9.17, 15) is 14.7 Å². The second-order valence-electron chi connectivity index (χ2n) is 4.61. The fourth-order valence-corrected chi connectivity index (χ4v) is 1.86. The number of carbonyl (C=O) groups is 2. The Morgan fingerprint density at radius 2 is 2.05 bits per heavy atom. The predicted molar refractivity (Wildman–Crippen MR) is 78.3 cm³/mol. The number of carbonyl (C=O) groups excluding carboxylic acids is 1. The molecule has 20 heavy (non-hydrogen) atoms. The zero-order valence-electron chi connectivity index (χ0n) is 12.1. The van der Waals surface area contributed by atoms with Crippen molar-refractivity contribution >= 4 is 17.7 Å². The Kier molecular flexibility index (Phi) is 5.99. The van der Waals surface area contributed by atoms with Crippen LogP contribution in [0.4, 0.5) is 10.5 Å². The van der Waals surface area contributed by atoms with Crippen molar-refractivity contribution in [1.29, 1.82) is 0 Å². The number of nitrogens with one attached hydrogen (secondary N) is 2. The van der Waals surface area contributed by atoms with Crippen LogP contribution in [0.15, 0.2) is 18.2 Å². The molecule has 0 aliphatic heterocycles. The number of hydrogen-bond acceptors (Lipinski definition) is 3. The number of aromatic carboxylic acids is 1. The lowest BCUT2D eigenvalue weighted by Crippen LogP contribution is -2.33. The summed E-state index contributed by atoms with van der Waals surface area (Å²) < 4.78 is 0. The fraction of sp³-hybridized carbons (Fsp3) is 0.429. The molecule has 110 valence electrons. The van der Waals surface area contributed by atoms with Crippen LogP contribution < -0.4 is 10.6 Å². The van der Waals surface area contributed by atoms with Gasteiger partial charge in [0.15, 0.2) is 0 Å². The van der Waals surface area contributed by atoms with E-state index in [-0.39, 0.29) is 11.6 Å². The van der Waals surface area contributed by atoms with Crippen LogP contribution in [0.25, 0.3) is 0 Å². The lowest BCUT2D eigenvalue weighted by atomic mass is 10.1. The summed E-state index contributed by atoms with van der Waals surface area (Å²) in [6.07, 6.45) is 0.833. The third kappa shape index (κ3) is 4.24. The number of aryl methyl sites for hydroxylation is 1. The molecule has 0 spiro atoms. The first-order valence-corrected chi connectivity index (χ1v) is 6.47. The first kappa shape index (κ1) is 16.0. The SMILES string of the molecule is CNCCCN(C)C(=O)Nc1cccc(C)c1C(=O)O. The van der Waals surface area contributed by atoms with Crippen LogP contribution >= 0.6 is 0 Å². The van der Waals surface area contributed by atoms with E-state index >= 15 is 0 Å². The van der Waals surface area contributed by atoms with Gasteiger partial charge >= 0.3 is 12.0 Å². The number of amides is 2. The van der Waals surface area contributed by atoms with E-state index in [4.69, 9.17) is 0 Å². The van der Waals surface area contributed by atoms with Crippen molar-refractivity contribution < 1.29 is 14.7 Å². The van der Waals surface area contributed by atoms with Crippen molar-refractivity contribution in [2.24, 2.45) is 0 Å². The molecular weight excluding hydrogens is 258 g/mol.